The van der Waals surface area contributed by atoms with Gasteiger partial charge in [0.1, 0.15) is 5.75 Å². The second-order valence-electron chi connectivity index (χ2n) is 6.38. The molecule has 0 spiro atoms. The maximum absolute atomic E-state index is 12.2. The van der Waals surface area contributed by atoms with E-state index in [4.69, 9.17) is 16.2 Å². The van der Waals surface area contributed by atoms with Crippen molar-refractivity contribution in [2.75, 3.05) is 19.7 Å². The van der Waals surface area contributed by atoms with E-state index in [0.29, 0.717) is 24.4 Å². The Morgan fingerprint density at radius 3 is 2.50 bits per heavy atom. The van der Waals surface area contributed by atoms with Gasteiger partial charge >= 0.3 is 0 Å². The van der Waals surface area contributed by atoms with Crippen LogP contribution in [0.2, 0.25) is 0 Å². The topological polar surface area (TPSA) is 98.6 Å². The summed E-state index contributed by atoms with van der Waals surface area (Å²) in [6, 6.07) is 6.52. The fourth-order valence-electron chi connectivity index (χ4n) is 2.54. The number of hydrogen-bond donors (Lipinski definition) is 2. The first-order valence-electron chi connectivity index (χ1n) is 7.35. The first-order valence-corrected chi connectivity index (χ1v) is 7.35. The number of nitrogens with zero attached hydrogens (tertiary/aromatic N) is 1. The van der Waals surface area contributed by atoms with Gasteiger partial charge in [-0.25, -0.2) is 0 Å². The number of nitrogens with two attached hydrogens (primary N) is 2. The first kappa shape index (κ1) is 16.3. The molecule has 0 aliphatic carbocycles. The number of rotatable bonds is 4. The van der Waals surface area contributed by atoms with Crippen molar-refractivity contribution in [3.05, 3.63) is 29.8 Å². The lowest BCUT2D eigenvalue weighted by Gasteiger charge is -2.42. The van der Waals surface area contributed by atoms with Gasteiger partial charge in [-0.15, -0.1) is 0 Å². The molecule has 1 aliphatic rings. The van der Waals surface area contributed by atoms with E-state index in [1.54, 1.807) is 29.2 Å². The Balaban J connectivity index is 1.89. The summed E-state index contributed by atoms with van der Waals surface area (Å²) < 4.78 is 5.48. The number of carbonyl (C=O) groups is 2. The molecule has 6 nitrogen and oxygen atoms in total. The third-order valence-electron chi connectivity index (χ3n) is 4.17. The summed E-state index contributed by atoms with van der Waals surface area (Å²) in [6.45, 7) is 5.41. The van der Waals surface area contributed by atoms with Crippen LogP contribution in [0.4, 0.5) is 0 Å². The van der Waals surface area contributed by atoms with Gasteiger partial charge in [-0.2, -0.15) is 0 Å². The number of ether oxygens (including phenoxy) is 1. The predicted molar refractivity (Wildman–Crippen MR) is 83.4 cm³/mol. The maximum Gasteiger partial charge on any atom is 0.260 e. The van der Waals surface area contributed by atoms with Crippen molar-refractivity contribution in [2.24, 2.45) is 16.9 Å². The highest BCUT2D eigenvalue weighted by Gasteiger charge is 2.35. The molecule has 6 heteroatoms. The van der Waals surface area contributed by atoms with Crippen LogP contribution in [0.1, 0.15) is 30.6 Å². The number of primary amides is 1. The summed E-state index contributed by atoms with van der Waals surface area (Å²) in [7, 11) is 0. The molecule has 1 aromatic carbocycles. The Morgan fingerprint density at radius 1 is 1.32 bits per heavy atom. The van der Waals surface area contributed by atoms with Gasteiger partial charge in [-0.05, 0) is 36.1 Å². The zero-order chi connectivity index (χ0) is 16.3. The van der Waals surface area contributed by atoms with E-state index >= 15 is 0 Å². The highest BCUT2D eigenvalue weighted by Crippen LogP contribution is 2.27. The third kappa shape index (κ3) is 3.76. The molecule has 1 aromatic rings. The van der Waals surface area contributed by atoms with Crippen molar-refractivity contribution in [3.63, 3.8) is 0 Å². The van der Waals surface area contributed by atoms with E-state index in [2.05, 4.69) is 13.8 Å². The summed E-state index contributed by atoms with van der Waals surface area (Å²) >= 11 is 0. The molecule has 0 saturated carbocycles. The van der Waals surface area contributed by atoms with E-state index in [0.717, 1.165) is 6.42 Å². The van der Waals surface area contributed by atoms with Crippen LogP contribution in [-0.4, -0.2) is 42.5 Å². The average Bonchev–Trinajstić information content (AvgIpc) is 2.48. The van der Waals surface area contributed by atoms with Crippen LogP contribution in [0.5, 0.6) is 5.75 Å². The van der Waals surface area contributed by atoms with Gasteiger partial charge in [0.25, 0.3) is 5.91 Å². The normalized spacial score (nSPS) is 20.5. The molecule has 1 unspecified atom stereocenters. The van der Waals surface area contributed by atoms with Crippen LogP contribution in [0.15, 0.2) is 24.3 Å². The van der Waals surface area contributed by atoms with Crippen molar-refractivity contribution in [3.8, 4) is 5.75 Å². The lowest BCUT2D eigenvalue weighted by Crippen LogP contribution is -2.54. The van der Waals surface area contributed by atoms with Crippen LogP contribution in [-0.2, 0) is 4.79 Å². The maximum atomic E-state index is 12.2. The minimum absolute atomic E-state index is 0.0266. The number of carbonyl (C=O) groups excluding carboxylic acids is 2. The number of piperidine rings is 1. The summed E-state index contributed by atoms with van der Waals surface area (Å²) in [4.78, 5) is 25.0. The van der Waals surface area contributed by atoms with Gasteiger partial charge in [0.2, 0.25) is 5.91 Å². The molecule has 0 aromatic heterocycles. The second kappa shape index (κ2) is 6.36. The summed E-state index contributed by atoms with van der Waals surface area (Å²) in [5.74, 6) is -0.0141. The van der Waals surface area contributed by atoms with Crippen molar-refractivity contribution in [1.29, 1.82) is 0 Å². The van der Waals surface area contributed by atoms with E-state index in [1.807, 2.05) is 0 Å². The summed E-state index contributed by atoms with van der Waals surface area (Å²) in [5, 5.41) is 0. The van der Waals surface area contributed by atoms with Crippen LogP contribution in [0, 0.1) is 5.41 Å². The minimum Gasteiger partial charge on any atom is -0.484 e. The Labute approximate surface area is 130 Å². The van der Waals surface area contributed by atoms with Gasteiger partial charge in [-0.3, -0.25) is 9.59 Å². The lowest BCUT2D eigenvalue weighted by atomic mass is 9.80. The number of hydrogen-bond acceptors (Lipinski definition) is 4. The smallest absolute Gasteiger partial charge is 0.260 e. The molecule has 1 aliphatic heterocycles. The van der Waals surface area contributed by atoms with E-state index in [9.17, 15) is 9.59 Å². The quantitative estimate of drug-likeness (QED) is 0.857. The zero-order valence-electron chi connectivity index (χ0n) is 13.0. The van der Waals surface area contributed by atoms with Crippen molar-refractivity contribution >= 4 is 11.8 Å². The minimum atomic E-state index is -0.491. The number of benzene rings is 1. The summed E-state index contributed by atoms with van der Waals surface area (Å²) in [5.41, 5.74) is 11.6. The second-order valence-corrected chi connectivity index (χ2v) is 6.38. The Morgan fingerprint density at radius 2 is 1.95 bits per heavy atom. The average molecular weight is 305 g/mol. The molecule has 1 atom stereocenters. The predicted octanol–water partition coefficient (Wildman–Crippen LogP) is 0.750. The van der Waals surface area contributed by atoms with E-state index in [-0.39, 0.29) is 24.0 Å². The van der Waals surface area contributed by atoms with Crippen LogP contribution < -0.4 is 16.2 Å². The summed E-state index contributed by atoms with van der Waals surface area (Å²) in [6.07, 6.45) is 0.798. The van der Waals surface area contributed by atoms with Gasteiger partial charge in [0.15, 0.2) is 6.61 Å². The van der Waals surface area contributed by atoms with Crippen LogP contribution in [0.25, 0.3) is 0 Å². The molecular formula is C16H23N3O3. The molecule has 1 saturated heterocycles. The van der Waals surface area contributed by atoms with Gasteiger partial charge in [-0.1, -0.05) is 13.8 Å². The van der Waals surface area contributed by atoms with Gasteiger partial charge in [0, 0.05) is 24.7 Å². The molecule has 1 fully saturated rings. The molecule has 22 heavy (non-hydrogen) atoms. The Kier molecular flexibility index (Phi) is 4.71. The van der Waals surface area contributed by atoms with E-state index < -0.39 is 5.91 Å². The molecule has 2 rings (SSSR count). The monoisotopic (exact) mass is 305 g/mol. The highest BCUT2D eigenvalue weighted by molar-refractivity contribution is 5.92. The highest BCUT2D eigenvalue weighted by atomic mass is 16.5. The van der Waals surface area contributed by atoms with Crippen LogP contribution in [0.3, 0.4) is 0 Å². The van der Waals surface area contributed by atoms with Crippen molar-refractivity contribution < 1.29 is 14.3 Å². The number of amides is 2. The molecule has 2 amide bonds. The standard InChI is InChI=1S/C16H23N3O3/c1-16(2)10-19(8-7-13(16)17)14(20)9-22-12-5-3-11(4-6-12)15(18)21/h3-6,13H,7-10,17H2,1-2H3,(H2,18,21). The molecule has 0 bridgehead atoms. The molecule has 0 radical (unpaired) electrons. The zero-order valence-corrected chi connectivity index (χ0v) is 13.0. The van der Waals surface area contributed by atoms with Crippen molar-refractivity contribution in [2.45, 2.75) is 26.3 Å². The number of likely N-dealkylation sites (tertiary alicyclic amines) is 1. The SMILES string of the molecule is CC1(C)CN(C(=O)COc2ccc(C(N)=O)cc2)CCC1N. The molecule has 1 heterocycles. The first-order chi connectivity index (χ1) is 10.3. The fraction of sp³-hybridized carbons (Fsp3) is 0.500. The Hall–Kier alpha value is -2.08. The largest absolute Gasteiger partial charge is 0.484 e. The Bertz CT molecular complexity index is 554. The lowest BCUT2D eigenvalue weighted by molar-refractivity contribution is -0.136. The van der Waals surface area contributed by atoms with Gasteiger partial charge in [0.05, 0.1) is 0 Å². The third-order valence-corrected chi connectivity index (χ3v) is 4.17. The van der Waals surface area contributed by atoms with E-state index in [1.165, 1.54) is 0 Å². The fourth-order valence-corrected chi connectivity index (χ4v) is 2.54. The van der Waals surface area contributed by atoms with Gasteiger partial charge < -0.3 is 21.1 Å². The molecule has 120 valence electrons. The molecular weight excluding hydrogens is 282 g/mol. The van der Waals surface area contributed by atoms with Crippen molar-refractivity contribution in [1.82, 2.24) is 4.90 Å². The van der Waals surface area contributed by atoms with Crippen LogP contribution >= 0.6 is 0 Å². The molecule has 4 N–H and O–H groups in total.